The van der Waals surface area contributed by atoms with E-state index in [0.717, 1.165) is 24.8 Å². The van der Waals surface area contributed by atoms with Crippen LogP contribution in [0.3, 0.4) is 0 Å². The molecule has 1 aromatic carbocycles. The molecule has 1 amide bonds. The van der Waals surface area contributed by atoms with Crippen molar-refractivity contribution < 1.29 is 9.90 Å². The molecular formula is C16H20N2O2. The summed E-state index contributed by atoms with van der Waals surface area (Å²) in [5, 5.41) is 21.4. The van der Waals surface area contributed by atoms with Gasteiger partial charge >= 0.3 is 0 Å². The first-order chi connectivity index (χ1) is 9.74. The lowest BCUT2D eigenvalue weighted by Gasteiger charge is -2.20. The van der Waals surface area contributed by atoms with Crippen LogP contribution in [0.25, 0.3) is 0 Å². The van der Waals surface area contributed by atoms with Crippen molar-refractivity contribution in [3.05, 3.63) is 35.9 Å². The van der Waals surface area contributed by atoms with Gasteiger partial charge in [0.25, 0.3) is 0 Å². The molecule has 1 saturated carbocycles. The fraction of sp³-hybridized carbons (Fsp3) is 0.500. The summed E-state index contributed by atoms with van der Waals surface area (Å²) in [6.07, 6.45) is 3.28. The summed E-state index contributed by atoms with van der Waals surface area (Å²) >= 11 is 0. The molecule has 2 rings (SSSR count). The molecule has 0 heterocycles. The lowest BCUT2D eigenvalue weighted by molar-refractivity contribution is -0.124. The fourth-order valence-corrected chi connectivity index (χ4v) is 2.78. The van der Waals surface area contributed by atoms with E-state index in [2.05, 4.69) is 11.4 Å². The number of amides is 1. The number of benzene rings is 1. The maximum absolute atomic E-state index is 12.2. The van der Waals surface area contributed by atoms with Crippen molar-refractivity contribution in [2.24, 2.45) is 11.8 Å². The molecule has 1 fully saturated rings. The van der Waals surface area contributed by atoms with E-state index in [-0.39, 0.29) is 24.5 Å². The average Bonchev–Trinajstić information content (AvgIpc) is 2.92. The number of aliphatic hydroxyl groups excluding tert-OH is 1. The Labute approximate surface area is 119 Å². The van der Waals surface area contributed by atoms with Crippen LogP contribution in [0.4, 0.5) is 0 Å². The smallest absolute Gasteiger partial charge is 0.237 e. The molecule has 4 heteroatoms. The summed E-state index contributed by atoms with van der Waals surface area (Å²) in [5.41, 5.74) is 0.985. The van der Waals surface area contributed by atoms with Gasteiger partial charge in [-0.2, -0.15) is 5.26 Å². The standard InChI is InChI=1S/C16H20N2O2/c17-10-14(9-12-5-2-1-3-6-12)16(20)18-15-8-4-7-13(15)11-19/h1-3,5-6,13-15,19H,4,7-9,11H2,(H,18,20). The number of rotatable bonds is 5. The first-order valence-electron chi connectivity index (χ1n) is 7.09. The van der Waals surface area contributed by atoms with Crippen LogP contribution in [0.15, 0.2) is 30.3 Å². The van der Waals surface area contributed by atoms with E-state index in [4.69, 9.17) is 0 Å². The average molecular weight is 272 g/mol. The van der Waals surface area contributed by atoms with E-state index in [9.17, 15) is 15.2 Å². The van der Waals surface area contributed by atoms with Crippen LogP contribution in [0.2, 0.25) is 0 Å². The normalized spacial score (nSPS) is 23.0. The Morgan fingerprint density at radius 2 is 2.15 bits per heavy atom. The zero-order valence-electron chi connectivity index (χ0n) is 11.5. The summed E-state index contributed by atoms with van der Waals surface area (Å²) in [5.74, 6) is -0.755. The highest BCUT2D eigenvalue weighted by Gasteiger charge is 2.30. The molecule has 0 aromatic heterocycles. The van der Waals surface area contributed by atoms with Crippen molar-refractivity contribution in [3.63, 3.8) is 0 Å². The number of aliphatic hydroxyl groups is 1. The predicted molar refractivity (Wildman–Crippen MR) is 75.6 cm³/mol. The number of nitrogens with one attached hydrogen (secondary N) is 1. The van der Waals surface area contributed by atoms with Crippen LogP contribution in [-0.4, -0.2) is 23.7 Å². The third-order valence-corrected chi connectivity index (χ3v) is 3.98. The quantitative estimate of drug-likeness (QED) is 0.856. The molecule has 4 nitrogen and oxygen atoms in total. The highest BCUT2D eigenvalue weighted by molar-refractivity contribution is 5.81. The van der Waals surface area contributed by atoms with Crippen LogP contribution in [-0.2, 0) is 11.2 Å². The second kappa shape index (κ2) is 7.06. The Balaban J connectivity index is 1.94. The Kier molecular flexibility index (Phi) is 5.14. The van der Waals surface area contributed by atoms with E-state index in [1.165, 1.54) is 0 Å². The summed E-state index contributed by atoms with van der Waals surface area (Å²) in [6.45, 7) is 0.0981. The molecule has 0 aliphatic heterocycles. The largest absolute Gasteiger partial charge is 0.396 e. The Morgan fingerprint density at radius 3 is 2.80 bits per heavy atom. The van der Waals surface area contributed by atoms with Gasteiger partial charge in [-0.25, -0.2) is 0 Å². The van der Waals surface area contributed by atoms with Gasteiger partial charge in [-0.1, -0.05) is 36.8 Å². The van der Waals surface area contributed by atoms with Crippen LogP contribution in [0.1, 0.15) is 24.8 Å². The molecule has 20 heavy (non-hydrogen) atoms. The van der Waals surface area contributed by atoms with Gasteiger partial charge in [0, 0.05) is 18.6 Å². The number of nitriles is 1. The van der Waals surface area contributed by atoms with Crippen molar-refractivity contribution >= 4 is 5.91 Å². The highest BCUT2D eigenvalue weighted by atomic mass is 16.3. The molecule has 3 atom stereocenters. The van der Waals surface area contributed by atoms with Gasteiger partial charge in [0.2, 0.25) is 5.91 Å². The van der Waals surface area contributed by atoms with Crippen molar-refractivity contribution in [1.29, 1.82) is 5.26 Å². The molecule has 0 bridgehead atoms. The van der Waals surface area contributed by atoms with Gasteiger partial charge < -0.3 is 10.4 Å². The maximum Gasteiger partial charge on any atom is 0.237 e. The van der Waals surface area contributed by atoms with Crippen molar-refractivity contribution in [2.75, 3.05) is 6.61 Å². The Hall–Kier alpha value is -1.86. The summed E-state index contributed by atoms with van der Waals surface area (Å²) in [4.78, 5) is 12.2. The molecule has 1 aliphatic rings. The summed E-state index contributed by atoms with van der Waals surface area (Å²) in [6, 6.07) is 11.7. The summed E-state index contributed by atoms with van der Waals surface area (Å²) < 4.78 is 0. The van der Waals surface area contributed by atoms with Gasteiger partial charge in [0.15, 0.2) is 0 Å². The second-order valence-electron chi connectivity index (χ2n) is 5.36. The first kappa shape index (κ1) is 14.5. The van der Waals surface area contributed by atoms with Crippen LogP contribution in [0.5, 0.6) is 0 Å². The van der Waals surface area contributed by atoms with E-state index in [0.29, 0.717) is 6.42 Å². The number of hydrogen-bond donors (Lipinski definition) is 2. The van der Waals surface area contributed by atoms with E-state index in [1.807, 2.05) is 30.3 Å². The molecule has 2 N–H and O–H groups in total. The molecule has 0 spiro atoms. The van der Waals surface area contributed by atoms with Crippen LogP contribution >= 0.6 is 0 Å². The minimum absolute atomic E-state index is 0.0131. The fourth-order valence-electron chi connectivity index (χ4n) is 2.78. The molecule has 0 saturated heterocycles. The van der Waals surface area contributed by atoms with Gasteiger partial charge in [0.05, 0.1) is 6.07 Å². The molecule has 3 unspecified atom stereocenters. The Morgan fingerprint density at radius 1 is 1.40 bits per heavy atom. The molecule has 1 aliphatic carbocycles. The van der Waals surface area contributed by atoms with Crippen LogP contribution < -0.4 is 5.32 Å². The highest BCUT2D eigenvalue weighted by Crippen LogP contribution is 2.25. The molecule has 1 aromatic rings. The van der Waals surface area contributed by atoms with Crippen LogP contribution in [0, 0.1) is 23.2 Å². The van der Waals surface area contributed by atoms with Gasteiger partial charge in [-0.3, -0.25) is 4.79 Å². The SMILES string of the molecule is N#CC(Cc1ccccc1)C(=O)NC1CCCC1CO. The first-order valence-corrected chi connectivity index (χ1v) is 7.09. The van der Waals surface area contributed by atoms with Crippen molar-refractivity contribution in [2.45, 2.75) is 31.7 Å². The van der Waals surface area contributed by atoms with E-state index < -0.39 is 5.92 Å². The zero-order chi connectivity index (χ0) is 14.4. The lowest BCUT2D eigenvalue weighted by atomic mass is 9.98. The third-order valence-electron chi connectivity index (χ3n) is 3.98. The predicted octanol–water partition coefficient (Wildman–Crippen LogP) is 1.65. The maximum atomic E-state index is 12.2. The monoisotopic (exact) mass is 272 g/mol. The number of carbonyl (C=O) groups excluding carboxylic acids is 1. The van der Waals surface area contributed by atoms with E-state index >= 15 is 0 Å². The third kappa shape index (κ3) is 3.58. The number of nitrogens with zero attached hydrogens (tertiary/aromatic N) is 1. The van der Waals surface area contributed by atoms with Crippen molar-refractivity contribution in [3.8, 4) is 6.07 Å². The van der Waals surface area contributed by atoms with Gasteiger partial charge in [-0.05, 0) is 24.8 Å². The molecule has 106 valence electrons. The summed E-state index contributed by atoms with van der Waals surface area (Å²) in [7, 11) is 0. The molecule has 0 radical (unpaired) electrons. The number of hydrogen-bond acceptors (Lipinski definition) is 3. The minimum Gasteiger partial charge on any atom is -0.396 e. The van der Waals surface area contributed by atoms with Gasteiger partial charge in [0.1, 0.15) is 5.92 Å². The number of carbonyl (C=O) groups is 1. The molecular weight excluding hydrogens is 252 g/mol. The van der Waals surface area contributed by atoms with Gasteiger partial charge in [-0.15, -0.1) is 0 Å². The topological polar surface area (TPSA) is 73.1 Å². The second-order valence-corrected chi connectivity index (χ2v) is 5.36. The lowest BCUT2D eigenvalue weighted by Crippen LogP contribution is -2.42. The Bertz CT molecular complexity index is 481. The minimum atomic E-state index is -0.669. The van der Waals surface area contributed by atoms with Crippen molar-refractivity contribution in [1.82, 2.24) is 5.32 Å². The zero-order valence-corrected chi connectivity index (χ0v) is 11.5. The van der Waals surface area contributed by atoms with E-state index in [1.54, 1.807) is 0 Å².